The van der Waals surface area contributed by atoms with Gasteiger partial charge in [-0.15, -0.1) is 0 Å². The maximum absolute atomic E-state index is 6.62. The lowest BCUT2D eigenvalue weighted by molar-refractivity contribution is 0.142. The summed E-state index contributed by atoms with van der Waals surface area (Å²) in [6.45, 7) is 20.8. The van der Waals surface area contributed by atoms with Gasteiger partial charge in [0.2, 0.25) is 0 Å². The molecule has 3 aromatic rings. The first kappa shape index (κ1) is 27.5. The topological polar surface area (TPSA) is 37.8 Å². The highest BCUT2D eigenvalue weighted by atomic mass is 35.5. The van der Waals surface area contributed by atoms with Crippen LogP contribution in [0.2, 0.25) is 5.15 Å². The number of nitrogens with zero attached hydrogens (tertiary/aromatic N) is 3. The smallest absolute Gasteiger partial charge is 0.137 e. The van der Waals surface area contributed by atoms with Gasteiger partial charge in [0.1, 0.15) is 29.9 Å². The van der Waals surface area contributed by atoms with E-state index in [0.29, 0.717) is 42.5 Å². The Morgan fingerprint density at radius 2 is 1.11 bits per heavy atom. The molecule has 1 aromatic heterocycles. The standard InChI is InChI=1S/C29H42ClN3O2/c1-19(2)32(20(3)4)13-15-34-23-9-11-25-26-12-10-24(18-28(26)31-29(30)27(25)17-23)35-16-14-33(21(5)6)22(7)8/h9-12,17-22H,13-16H2,1-8H3. The summed E-state index contributed by atoms with van der Waals surface area (Å²) in [5, 5.41) is 3.50. The minimum absolute atomic E-state index is 0.479. The molecule has 0 N–H and O–H groups in total. The van der Waals surface area contributed by atoms with Crippen molar-refractivity contribution in [3.8, 4) is 11.5 Å². The lowest BCUT2D eigenvalue weighted by Crippen LogP contribution is -2.39. The quantitative estimate of drug-likeness (QED) is 0.197. The molecule has 0 amide bonds. The van der Waals surface area contributed by atoms with Crippen LogP contribution in [0, 0.1) is 0 Å². The summed E-state index contributed by atoms with van der Waals surface area (Å²) in [5.41, 5.74) is 0.836. The normalized spacial score (nSPS) is 12.4. The molecule has 0 radical (unpaired) electrons. The zero-order chi connectivity index (χ0) is 25.7. The fourth-order valence-corrected chi connectivity index (χ4v) is 5.12. The Morgan fingerprint density at radius 1 is 0.657 bits per heavy atom. The fraction of sp³-hybridized carbons (Fsp3) is 0.552. The van der Waals surface area contributed by atoms with Crippen LogP contribution in [0.4, 0.5) is 0 Å². The molecule has 192 valence electrons. The van der Waals surface area contributed by atoms with Gasteiger partial charge in [-0.3, -0.25) is 9.80 Å². The summed E-state index contributed by atoms with van der Waals surface area (Å²) >= 11 is 6.62. The predicted molar refractivity (Wildman–Crippen MR) is 149 cm³/mol. The molecule has 35 heavy (non-hydrogen) atoms. The summed E-state index contributed by atoms with van der Waals surface area (Å²) in [6.07, 6.45) is 0. The van der Waals surface area contributed by atoms with E-state index in [-0.39, 0.29) is 0 Å². The molecule has 0 atom stereocenters. The third-order valence-electron chi connectivity index (χ3n) is 6.58. The first-order valence-electron chi connectivity index (χ1n) is 12.9. The van der Waals surface area contributed by atoms with Crippen molar-refractivity contribution in [3.63, 3.8) is 0 Å². The molecule has 3 rings (SSSR count). The average Bonchev–Trinajstić information content (AvgIpc) is 2.78. The molecule has 6 heteroatoms. The molecule has 0 aliphatic heterocycles. The van der Waals surface area contributed by atoms with Crippen LogP contribution in [0.5, 0.6) is 11.5 Å². The van der Waals surface area contributed by atoms with E-state index >= 15 is 0 Å². The average molecular weight is 500 g/mol. The van der Waals surface area contributed by atoms with E-state index in [1.54, 1.807) is 0 Å². The molecule has 0 unspecified atom stereocenters. The van der Waals surface area contributed by atoms with E-state index in [1.807, 2.05) is 24.3 Å². The second kappa shape index (κ2) is 12.2. The molecule has 1 heterocycles. The van der Waals surface area contributed by atoms with E-state index in [4.69, 9.17) is 21.1 Å². The van der Waals surface area contributed by atoms with Crippen molar-refractivity contribution in [2.24, 2.45) is 0 Å². The molecular formula is C29H42ClN3O2. The number of pyridine rings is 1. The van der Waals surface area contributed by atoms with Gasteiger partial charge in [-0.25, -0.2) is 4.98 Å². The summed E-state index contributed by atoms with van der Waals surface area (Å²) < 4.78 is 12.1. The van der Waals surface area contributed by atoms with E-state index in [0.717, 1.165) is 46.3 Å². The van der Waals surface area contributed by atoms with Crippen molar-refractivity contribution in [1.29, 1.82) is 0 Å². The molecule has 0 saturated heterocycles. The van der Waals surface area contributed by atoms with Crippen molar-refractivity contribution >= 4 is 33.3 Å². The number of hydrogen-bond acceptors (Lipinski definition) is 5. The van der Waals surface area contributed by atoms with Gasteiger partial charge < -0.3 is 9.47 Å². The Hall–Kier alpha value is -2.08. The van der Waals surface area contributed by atoms with E-state index < -0.39 is 0 Å². The zero-order valence-corrected chi connectivity index (χ0v) is 23.4. The van der Waals surface area contributed by atoms with Gasteiger partial charge in [-0.2, -0.15) is 0 Å². The van der Waals surface area contributed by atoms with Crippen LogP contribution < -0.4 is 9.47 Å². The van der Waals surface area contributed by atoms with Crippen LogP contribution in [0.25, 0.3) is 21.7 Å². The molecule has 0 aliphatic carbocycles. The Balaban J connectivity index is 1.73. The molecule has 0 bridgehead atoms. The van der Waals surface area contributed by atoms with Gasteiger partial charge in [0.15, 0.2) is 0 Å². The van der Waals surface area contributed by atoms with Crippen molar-refractivity contribution in [3.05, 3.63) is 41.6 Å². The molecule has 0 spiro atoms. The molecular weight excluding hydrogens is 458 g/mol. The summed E-state index contributed by atoms with van der Waals surface area (Å²) in [4.78, 5) is 9.52. The summed E-state index contributed by atoms with van der Waals surface area (Å²) in [5.74, 6) is 1.63. The lowest BCUT2D eigenvalue weighted by atomic mass is 10.1. The van der Waals surface area contributed by atoms with Crippen LogP contribution in [0.3, 0.4) is 0 Å². The highest BCUT2D eigenvalue weighted by Gasteiger charge is 2.15. The van der Waals surface area contributed by atoms with Gasteiger partial charge in [0, 0.05) is 54.1 Å². The largest absolute Gasteiger partial charge is 0.492 e. The summed E-state index contributed by atoms with van der Waals surface area (Å²) in [6, 6.07) is 14.1. The SMILES string of the molecule is CC(C)N(CCOc1ccc2c(c1)nc(Cl)c1cc(OCCN(C(C)C)C(C)C)ccc12)C(C)C. The molecule has 2 aromatic carbocycles. The Morgan fingerprint density at radius 3 is 1.60 bits per heavy atom. The number of benzene rings is 2. The third-order valence-corrected chi connectivity index (χ3v) is 6.87. The molecule has 0 saturated carbocycles. The number of rotatable bonds is 12. The van der Waals surface area contributed by atoms with Crippen LogP contribution >= 0.6 is 11.6 Å². The predicted octanol–water partition coefficient (Wildman–Crippen LogP) is 7.04. The van der Waals surface area contributed by atoms with Gasteiger partial charge in [0.25, 0.3) is 0 Å². The maximum Gasteiger partial charge on any atom is 0.137 e. The fourth-order valence-electron chi connectivity index (χ4n) is 4.87. The van der Waals surface area contributed by atoms with Crippen LogP contribution in [-0.4, -0.2) is 65.3 Å². The molecule has 0 fully saturated rings. The zero-order valence-electron chi connectivity index (χ0n) is 22.6. The maximum atomic E-state index is 6.62. The Labute approximate surface area is 216 Å². The van der Waals surface area contributed by atoms with E-state index in [9.17, 15) is 0 Å². The highest BCUT2D eigenvalue weighted by Crippen LogP contribution is 2.33. The van der Waals surface area contributed by atoms with E-state index in [2.05, 4.69) is 82.3 Å². The van der Waals surface area contributed by atoms with Crippen LogP contribution in [-0.2, 0) is 0 Å². The molecule has 5 nitrogen and oxygen atoms in total. The van der Waals surface area contributed by atoms with Gasteiger partial charge >= 0.3 is 0 Å². The van der Waals surface area contributed by atoms with Crippen LogP contribution in [0.15, 0.2) is 36.4 Å². The Bertz CT molecular complexity index is 1100. The third kappa shape index (κ3) is 6.99. The summed E-state index contributed by atoms with van der Waals surface area (Å²) in [7, 11) is 0. The number of halogens is 1. The van der Waals surface area contributed by atoms with E-state index in [1.165, 1.54) is 0 Å². The molecule has 0 aliphatic rings. The van der Waals surface area contributed by atoms with Crippen molar-refractivity contribution in [2.75, 3.05) is 26.3 Å². The minimum atomic E-state index is 0.479. The first-order valence-corrected chi connectivity index (χ1v) is 13.3. The lowest BCUT2D eigenvalue weighted by Gasteiger charge is -2.30. The van der Waals surface area contributed by atoms with Crippen LogP contribution in [0.1, 0.15) is 55.4 Å². The first-order chi connectivity index (χ1) is 16.6. The minimum Gasteiger partial charge on any atom is -0.492 e. The number of fused-ring (bicyclic) bond motifs is 3. The second-order valence-electron chi connectivity index (χ2n) is 10.3. The van der Waals surface area contributed by atoms with Crippen molar-refractivity contribution in [2.45, 2.75) is 79.6 Å². The van der Waals surface area contributed by atoms with Crippen molar-refractivity contribution in [1.82, 2.24) is 14.8 Å². The number of aromatic nitrogens is 1. The van der Waals surface area contributed by atoms with Gasteiger partial charge in [-0.1, -0.05) is 11.6 Å². The highest BCUT2D eigenvalue weighted by molar-refractivity contribution is 6.35. The van der Waals surface area contributed by atoms with Gasteiger partial charge in [0.05, 0.1) is 5.52 Å². The Kier molecular flexibility index (Phi) is 9.62. The second-order valence-corrected chi connectivity index (χ2v) is 10.7. The van der Waals surface area contributed by atoms with Crippen molar-refractivity contribution < 1.29 is 9.47 Å². The van der Waals surface area contributed by atoms with Gasteiger partial charge in [-0.05, 0) is 91.1 Å². The number of ether oxygens (including phenoxy) is 2. The monoisotopic (exact) mass is 499 g/mol. The number of hydrogen-bond donors (Lipinski definition) is 0.